The van der Waals surface area contributed by atoms with Crippen molar-refractivity contribution < 1.29 is 27.8 Å². The van der Waals surface area contributed by atoms with Crippen LogP contribution >= 0.6 is 11.3 Å². The normalized spacial score (nSPS) is 17.2. The molecule has 1 atom stereocenters. The Bertz CT molecular complexity index is 1200. The molecule has 1 saturated heterocycles. The molecule has 0 spiro atoms. The Morgan fingerprint density at radius 1 is 1.23 bits per heavy atom. The lowest BCUT2D eigenvalue weighted by Crippen LogP contribution is -2.52. The number of anilines is 1. The number of aliphatic carboxylic acids is 1. The number of aromatic nitrogens is 2. The molecule has 35 heavy (non-hydrogen) atoms. The third-order valence-corrected chi connectivity index (χ3v) is 6.85. The number of carbonyl (C=O) groups is 1. The highest BCUT2D eigenvalue weighted by Gasteiger charge is 2.33. The molecule has 1 fully saturated rings. The molecule has 0 aliphatic carbocycles. The second-order valence-electron chi connectivity index (χ2n) is 8.72. The molecular weight excluding hydrogens is 481 g/mol. The number of aryl methyl sites for hydroxylation is 1. The number of ether oxygens (including phenoxy) is 1. The van der Waals surface area contributed by atoms with Crippen LogP contribution in [-0.2, 0) is 17.5 Å². The molecular formula is C24H27F3N4O3S. The van der Waals surface area contributed by atoms with Gasteiger partial charge in [-0.1, -0.05) is 30.7 Å². The molecule has 188 valence electrons. The maximum absolute atomic E-state index is 13.1. The quantitative estimate of drug-likeness (QED) is 0.460. The van der Waals surface area contributed by atoms with Crippen molar-refractivity contribution in [3.63, 3.8) is 0 Å². The average molecular weight is 509 g/mol. The molecule has 0 bridgehead atoms. The van der Waals surface area contributed by atoms with E-state index in [0.717, 1.165) is 43.1 Å². The minimum atomic E-state index is -4.48. The number of piperazine rings is 1. The smallest absolute Gasteiger partial charge is 0.433 e. The topological polar surface area (TPSA) is 78.8 Å². The standard InChI is InChI=1S/C24H27F3N4O3S/c1-3-4-17-13-30(12-16-9-15(2)10-18(11-16)34-14-21(32)33)7-8-31(17)23-28-19-5-6-20(24(25,26)27)29-22(19)35-23/h5-6,9-11,17H,3-4,7-8,12-14H2,1-2H3,(H,32,33)/t17-/m1/s1. The van der Waals surface area contributed by atoms with E-state index in [9.17, 15) is 18.0 Å². The number of hydrogen-bond donors (Lipinski definition) is 1. The Kier molecular flexibility index (Phi) is 7.46. The van der Waals surface area contributed by atoms with Crippen LogP contribution in [0.1, 0.15) is 36.6 Å². The van der Waals surface area contributed by atoms with E-state index in [2.05, 4.69) is 32.8 Å². The number of halogens is 3. The minimum Gasteiger partial charge on any atom is -0.482 e. The van der Waals surface area contributed by atoms with Gasteiger partial charge in [0.15, 0.2) is 11.7 Å². The summed E-state index contributed by atoms with van der Waals surface area (Å²) in [4.78, 5) is 24.0. The summed E-state index contributed by atoms with van der Waals surface area (Å²) in [5.74, 6) is -0.488. The number of thiazole rings is 1. The third kappa shape index (κ3) is 6.21. The van der Waals surface area contributed by atoms with Gasteiger partial charge in [0.2, 0.25) is 0 Å². The average Bonchev–Trinajstić information content (AvgIpc) is 3.20. The number of benzene rings is 1. The van der Waals surface area contributed by atoms with Crippen molar-refractivity contribution in [2.75, 3.05) is 31.1 Å². The Labute approximate surface area is 205 Å². The molecule has 1 N–H and O–H groups in total. The number of hydrogen-bond acceptors (Lipinski definition) is 7. The zero-order valence-electron chi connectivity index (χ0n) is 19.5. The van der Waals surface area contributed by atoms with Gasteiger partial charge in [-0.2, -0.15) is 13.2 Å². The van der Waals surface area contributed by atoms with Crippen molar-refractivity contribution in [2.24, 2.45) is 0 Å². The van der Waals surface area contributed by atoms with Gasteiger partial charge in [-0.25, -0.2) is 14.8 Å². The maximum Gasteiger partial charge on any atom is 0.433 e. The fourth-order valence-corrected chi connectivity index (χ4v) is 5.42. The van der Waals surface area contributed by atoms with E-state index in [4.69, 9.17) is 9.84 Å². The van der Waals surface area contributed by atoms with Crippen molar-refractivity contribution in [1.82, 2.24) is 14.9 Å². The van der Waals surface area contributed by atoms with Crippen molar-refractivity contribution in [3.8, 4) is 5.75 Å². The molecule has 0 radical (unpaired) electrons. The van der Waals surface area contributed by atoms with Crippen molar-refractivity contribution in [3.05, 3.63) is 47.2 Å². The summed E-state index contributed by atoms with van der Waals surface area (Å²) in [6, 6.07) is 8.28. The summed E-state index contributed by atoms with van der Waals surface area (Å²) in [6.07, 6.45) is -2.59. The SMILES string of the molecule is CCC[C@@H]1CN(Cc2cc(C)cc(OCC(=O)O)c2)CCN1c1nc2ccc(C(F)(F)F)nc2s1. The molecule has 3 aromatic rings. The first-order valence-corrected chi connectivity index (χ1v) is 12.2. The van der Waals surface area contributed by atoms with E-state index in [1.165, 1.54) is 17.4 Å². The summed E-state index contributed by atoms with van der Waals surface area (Å²) in [7, 11) is 0. The molecule has 1 aliphatic heterocycles. The summed E-state index contributed by atoms with van der Waals surface area (Å²) in [5, 5.41) is 9.57. The Morgan fingerprint density at radius 3 is 2.74 bits per heavy atom. The molecule has 2 aromatic heterocycles. The lowest BCUT2D eigenvalue weighted by atomic mass is 10.1. The molecule has 1 aromatic carbocycles. The van der Waals surface area contributed by atoms with Crippen LogP contribution in [-0.4, -0.2) is 58.2 Å². The first kappa shape index (κ1) is 25.2. The molecule has 0 saturated carbocycles. The number of alkyl halides is 3. The van der Waals surface area contributed by atoms with E-state index in [-0.39, 0.29) is 12.6 Å². The van der Waals surface area contributed by atoms with E-state index >= 15 is 0 Å². The molecule has 0 unspecified atom stereocenters. The highest BCUT2D eigenvalue weighted by atomic mass is 32.1. The second kappa shape index (κ2) is 10.4. The first-order chi connectivity index (χ1) is 16.6. The van der Waals surface area contributed by atoms with Crippen LogP contribution < -0.4 is 9.64 Å². The number of carboxylic acids is 1. The van der Waals surface area contributed by atoms with Crippen molar-refractivity contribution in [1.29, 1.82) is 0 Å². The first-order valence-electron chi connectivity index (χ1n) is 11.4. The lowest BCUT2D eigenvalue weighted by Gasteiger charge is -2.41. The zero-order valence-corrected chi connectivity index (χ0v) is 20.3. The van der Waals surface area contributed by atoms with Crippen LogP contribution in [0.25, 0.3) is 10.3 Å². The van der Waals surface area contributed by atoms with E-state index in [1.54, 1.807) is 0 Å². The Morgan fingerprint density at radius 2 is 2.03 bits per heavy atom. The monoisotopic (exact) mass is 508 g/mol. The highest BCUT2D eigenvalue weighted by molar-refractivity contribution is 7.21. The van der Waals surface area contributed by atoms with Gasteiger partial charge >= 0.3 is 12.1 Å². The van der Waals surface area contributed by atoms with E-state index in [1.807, 2.05) is 19.1 Å². The minimum absolute atomic E-state index is 0.170. The van der Waals surface area contributed by atoms with Crippen LogP contribution in [0.3, 0.4) is 0 Å². The molecule has 7 nitrogen and oxygen atoms in total. The van der Waals surface area contributed by atoms with E-state index < -0.39 is 17.8 Å². The van der Waals surface area contributed by atoms with Gasteiger partial charge in [-0.3, -0.25) is 4.90 Å². The lowest BCUT2D eigenvalue weighted by molar-refractivity contribution is -0.141. The predicted octanol–water partition coefficient (Wildman–Crippen LogP) is 4.97. The van der Waals surface area contributed by atoms with Crippen LogP contribution in [0.4, 0.5) is 18.3 Å². The van der Waals surface area contributed by atoms with Crippen molar-refractivity contribution in [2.45, 2.75) is 45.5 Å². The molecule has 11 heteroatoms. The van der Waals surface area contributed by atoms with Gasteiger partial charge in [0, 0.05) is 32.2 Å². The predicted molar refractivity (Wildman–Crippen MR) is 128 cm³/mol. The largest absolute Gasteiger partial charge is 0.482 e. The number of rotatable bonds is 8. The van der Waals surface area contributed by atoms with Gasteiger partial charge in [0.1, 0.15) is 21.8 Å². The van der Waals surface area contributed by atoms with Gasteiger partial charge in [-0.05, 0) is 48.7 Å². The molecule has 1 aliphatic rings. The van der Waals surface area contributed by atoms with Crippen LogP contribution in [0, 0.1) is 6.92 Å². The fourth-order valence-electron chi connectivity index (χ4n) is 4.38. The van der Waals surface area contributed by atoms with Gasteiger partial charge < -0.3 is 14.7 Å². The summed E-state index contributed by atoms with van der Waals surface area (Å²) in [5.41, 5.74) is 1.61. The zero-order chi connectivity index (χ0) is 25.2. The van der Waals surface area contributed by atoms with Gasteiger partial charge in [0.05, 0.1) is 0 Å². The number of carboxylic acid groups (broad SMARTS) is 1. The summed E-state index contributed by atoms with van der Waals surface area (Å²) >= 11 is 1.20. The summed E-state index contributed by atoms with van der Waals surface area (Å²) < 4.78 is 44.5. The van der Waals surface area contributed by atoms with E-state index in [0.29, 0.717) is 34.3 Å². The molecule has 4 rings (SSSR count). The van der Waals surface area contributed by atoms with Crippen LogP contribution in [0.2, 0.25) is 0 Å². The van der Waals surface area contributed by atoms with Gasteiger partial charge in [-0.15, -0.1) is 0 Å². The summed E-state index contributed by atoms with van der Waals surface area (Å²) in [6.45, 7) is 6.60. The van der Waals surface area contributed by atoms with Crippen LogP contribution in [0.5, 0.6) is 5.75 Å². The van der Waals surface area contributed by atoms with Crippen molar-refractivity contribution >= 4 is 32.8 Å². The number of pyridine rings is 1. The highest BCUT2D eigenvalue weighted by Crippen LogP contribution is 2.34. The third-order valence-electron chi connectivity index (χ3n) is 5.85. The van der Waals surface area contributed by atoms with Gasteiger partial charge in [0.25, 0.3) is 0 Å². The van der Waals surface area contributed by atoms with Crippen LogP contribution in [0.15, 0.2) is 30.3 Å². The number of nitrogens with zero attached hydrogens (tertiary/aromatic N) is 4. The Balaban J connectivity index is 1.49. The molecule has 3 heterocycles. The fraction of sp³-hybridized carbons (Fsp3) is 0.458. The molecule has 0 amide bonds. The maximum atomic E-state index is 13.1. The number of fused-ring (bicyclic) bond motifs is 1. The second-order valence-corrected chi connectivity index (χ2v) is 9.68. The Hall–Kier alpha value is -2.92.